The van der Waals surface area contributed by atoms with Gasteiger partial charge in [0.05, 0.1) is 22.4 Å². The third-order valence-electron chi connectivity index (χ3n) is 5.11. The molecule has 0 radical (unpaired) electrons. The predicted molar refractivity (Wildman–Crippen MR) is 104 cm³/mol. The molecule has 8 heteroatoms. The third kappa shape index (κ3) is 3.18. The molecule has 3 aromatic rings. The fourth-order valence-corrected chi connectivity index (χ4v) is 4.64. The standard InChI is InChI=1S/C19H23N5O2S/c1-4-13-9-17(25)24-16(21-13)10-14(22-24)15-7-5-6-8-23(15)19(26)18-11(2)20-12(3)27-18/h9-10,15,22H,4-8H2,1-3H3. The molecular formula is C19H23N5O2S. The Morgan fingerprint density at radius 1 is 1.30 bits per heavy atom. The van der Waals surface area contributed by atoms with Crippen molar-refractivity contribution in [3.63, 3.8) is 0 Å². The number of nitrogens with one attached hydrogen (secondary N) is 1. The normalized spacial score (nSPS) is 17.6. The van der Waals surface area contributed by atoms with E-state index in [1.807, 2.05) is 31.7 Å². The number of fused-ring (bicyclic) bond motifs is 1. The van der Waals surface area contributed by atoms with E-state index >= 15 is 0 Å². The lowest BCUT2D eigenvalue weighted by molar-refractivity contribution is 0.0610. The van der Waals surface area contributed by atoms with Gasteiger partial charge in [-0.25, -0.2) is 14.5 Å². The zero-order valence-electron chi connectivity index (χ0n) is 15.8. The maximum absolute atomic E-state index is 13.2. The minimum atomic E-state index is -0.120. The summed E-state index contributed by atoms with van der Waals surface area (Å²) in [6.07, 6.45) is 3.61. The number of amides is 1. The number of aromatic nitrogens is 4. The van der Waals surface area contributed by atoms with Crippen LogP contribution < -0.4 is 5.56 Å². The van der Waals surface area contributed by atoms with E-state index < -0.39 is 0 Å². The minimum absolute atomic E-state index is 0.0241. The maximum Gasteiger partial charge on any atom is 0.272 e. The number of aryl methyl sites for hydroxylation is 3. The zero-order chi connectivity index (χ0) is 19.1. The molecule has 4 heterocycles. The van der Waals surface area contributed by atoms with Gasteiger partial charge in [-0.15, -0.1) is 11.3 Å². The van der Waals surface area contributed by atoms with Gasteiger partial charge >= 0.3 is 0 Å². The molecule has 1 saturated heterocycles. The molecular weight excluding hydrogens is 362 g/mol. The van der Waals surface area contributed by atoms with E-state index in [0.717, 1.165) is 41.4 Å². The first kappa shape index (κ1) is 17.9. The molecule has 1 aliphatic heterocycles. The molecule has 7 nitrogen and oxygen atoms in total. The number of hydrogen-bond acceptors (Lipinski definition) is 5. The van der Waals surface area contributed by atoms with E-state index in [4.69, 9.17) is 0 Å². The Morgan fingerprint density at radius 2 is 2.11 bits per heavy atom. The number of carbonyl (C=O) groups excluding carboxylic acids is 1. The van der Waals surface area contributed by atoms with E-state index in [1.165, 1.54) is 15.9 Å². The smallest absolute Gasteiger partial charge is 0.272 e. The summed E-state index contributed by atoms with van der Waals surface area (Å²) in [5, 5.41) is 4.08. The van der Waals surface area contributed by atoms with Gasteiger partial charge in [-0.2, -0.15) is 0 Å². The molecule has 1 unspecified atom stereocenters. The number of carbonyl (C=O) groups is 1. The topological polar surface area (TPSA) is 83.4 Å². The molecule has 0 aliphatic carbocycles. The fourth-order valence-electron chi connectivity index (χ4n) is 3.77. The minimum Gasteiger partial charge on any atom is -0.329 e. The van der Waals surface area contributed by atoms with Gasteiger partial charge in [0.15, 0.2) is 5.65 Å². The van der Waals surface area contributed by atoms with Gasteiger partial charge < -0.3 is 4.90 Å². The highest BCUT2D eigenvalue weighted by Crippen LogP contribution is 2.33. The van der Waals surface area contributed by atoms with Crippen molar-refractivity contribution in [1.29, 1.82) is 0 Å². The van der Waals surface area contributed by atoms with Crippen LogP contribution in [0.25, 0.3) is 5.65 Å². The Bertz CT molecular complexity index is 1060. The quantitative estimate of drug-likeness (QED) is 0.751. The Morgan fingerprint density at radius 3 is 2.81 bits per heavy atom. The van der Waals surface area contributed by atoms with E-state index in [1.54, 1.807) is 6.07 Å². The van der Waals surface area contributed by atoms with Crippen LogP contribution in [-0.2, 0) is 6.42 Å². The number of piperidine rings is 1. The summed E-state index contributed by atoms with van der Waals surface area (Å²) < 4.78 is 1.47. The number of H-pyrrole nitrogens is 1. The number of thiazole rings is 1. The van der Waals surface area contributed by atoms with Gasteiger partial charge in [0.25, 0.3) is 11.5 Å². The highest BCUT2D eigenvalue weighted by atomic mass is 32.1. The van der Waals surface area contributed by atoms with Gasteiger partial charge in [-0.1, -0.05) is 6.92 Å². The Labute approximate surface area is 161 Å². The number of hydrogen-bond donors (Lipinski definition) is 1. The van der Waals surface area contributed by atoms with Crippen molar-refractivity contribution in [2.45, 2.75) is 52.5 Å². The summed E-state index contributed by atoms with van der Waals surface area (Å²) in [6.45, 7) is 6.49. The summed E-state index contributed by atoms with van der Waals surface area (Å²) in [5.74, 6) is 0.0241. The van der Waals surface area contributed by atoms with E-state index in [2.05, 4.69) is 15.1 Å². The van der Waals surface area contributed by atoms with Crippen molar-refractivity contribution in [1.82, 2.24) is 24.5 Å². The van der Waals surface area contributed by atoms with Crippen LogP contribution in [-0.4, -0.2) is 36.9 Å². The summed E-state index contributed by atoms with van der Waals surface area (Å²) in [6, 6.07) is 3.38. The second kappa shape index (κ2) is 6.92. The number of nitrogens with zero attached hydrogens (tertiary/aromatic N) is 4. The fraction of sp³-hybridized carbons (Fsp3) is 0.474. The molecule has 0 bridgehead atoms. The van der Waals surface area contributed by atoms with Crippen LogP contribution in [0.1, 0.15) is 64.0 Å². The van der Waals surface area contributed by atoms with Crippen molar-refractivity contribution in [2.75, 3.05) is 6.54 Å². The van der Waals surface area contributed by atoms with Crippen LogP contribution in [0, 0.1) is 13.8 Å². The molecule has 1 aliphatic rings. The number of rotatable bonds is 3. The third-order valence-corrected chi connectivity index (χ3v) is 6.17. The van der Waals surface area contributed by atoms with E-state index in [9.17, 15) is 9.59 Å². The molecule has 1 atom stereocenters. The van der Waals surface area contributed by atoms with E-state index in [-0.39, 0.29) is 17.5 Å². The summed E-state index contributed by atoms with van der Waals surface area (Å²) in [5.41, 5.74) is 2.91. The average molecular weight is 385 g/mol. The second-order valence-electron chi connectivity index (χ2n) is 7.00. The van der Waals surface area contributed by atoms with Gasteiger partial charge in [0, 0.05) is 24.4 Å². The van der Waals surface area contributed by atoms with Crippen LogP contribution in [0.15, 0.2) is 16.9 Å². The Balaban J connectivity index is 1.73. The number of likely N-dealkylation sites (tertiary alicyclic amines) is 1. The van der Waals surface area contributed by atoms with Crippen molar-refractivity contribution in [3.05, 3.63) is 49.5 Å². The SMILES string of the molecule is CCc1cc(=O)n2[nH]c(C3CCCCN3C(=O)c3sc(C)nc3C)cc2n1. The lowest BCUT2D eigenvalue weighted by atomic mass is 9.99. The van der Waals surface area contributed by atoms with Gasteiger partial charge in [0.2, 0.25) is 0 Å². The van der Waals surface area contributed by atoms with Gasteiger partial charge in [0.1, 0.15) is 4.88 Å². The van der Waals surface area contributed by atoms with Crippen molar-refractivity contribution in [3.8, 4) is 0 Å². The molecule has 27 heavy (non-hydrogen) atoms. The molecule has 1 fully saturated rings. The highest BCUT2D eigenvalue weighted by Gasteiger charge is 2.32. The lowest BCUT2D eigenvalue weighted by Crippen LogP contribution is -2.38. The lowest BCUT2D eigenvalue weighted by Gasteiger charge is -2.34. The zero-order valence-corrected chi connectivity index (χ0v) is 16.6. The van der Waals surface area contributed by atoms with Crippen LogP contribution in [0.5, 0.6) is 0 Å². The largest absolute Gasteiger partial charge is 0.329 e. The Kier molecular flexibility index (Phi) is 4.59. The second-order valence-corrected chi connectivity index (χ2v) is 8.21. The first-order valence-corrected chi connectivity index (χ1v) is 10.2. The molecule has 1 amide bonds. The van der Waals surface area contributed by atoms with Crippen molar-refractivity contribution in [2.24, 2.45) is 0 Å². The molecule has 0 aromatic carbocycles. The van der Waals surface area contributed by atoms with Crippen LogP contribution >= 0.6 is 11.3 Å². The molecule has 142 valence electrons. The van der Waals surface area contributed by atoms with Crippen LogP contribution in [0.2, 0.25) is 0 Å². The molecule has 1 N–H and O–H groups in total. The summed E-state index contributed by atoms with van der Waals surface area (Å²) >= 11 is 1.45. The number of aromatic amines is 1. The Hall–Kier alpha value is -2.48. The molecule has 4 rings (SSSR count). The van der Waals surface area contributed by atoms with Crippen LogP contribution in [0.4, 0.5) is 0 Å². The van der Waals surface area contributed by atoms with Crippen LogP contribution in [0.3, 0.4) is 0 Å². The predicted octanol–water partition coefficient (Wildman–Crippen LogP) is 3.03. The van der Waals surface area contributed by atoms with Crippen molar-refractivity contribution < 1.29 is 4.79 Å². The van der Waals surface area contributed by atoms with E-state index in [0.29, 0.717) is 23.5 Å². The van der Waals surface area contributed by atoms with Gasteiger partial charge in [-0.3, -0.25) is 14.7 Å². The first-order valence-electron chi connectivity index (χ1n) is 9.34. The van der Waals surface area contributed by atoms with Gasteiger partial charge in [-0.05, 0) is 39.5 Å². The molecule has 3 aromatic heterocycles. The first-order chi connectivity index (χ1) is 13.0. The summed E-state index contributed by atoms with van der Waals surface area (Å²) in [4.78, 5) is 37.1. The molecule has 0 spiro atoms. The summed E-state index contributed by atoms with van der Waals surface area (Å²) in [7, 11) is 0. The highest BCUT2D eigenvalue weighted by molar-refractivity contribution is 7.13. The van der Waals surface area contributed by atoms with Crippen molar-refractivity contribution >= 4 is 22.9 Å². The maximum atomic E-state index is 13.2. The monoisotopic (exact) mass is 385 g/mol. The molecule has 0 saturated carbocycles. The average Bonchev–Trinajstić information content (AvgIpc) is 3.24.